The molecular weight excluding hydrogens is 163 g/mol. The van der Waals surface area contributed by atoms with Gasteiger partial charge in [0.15, 0.2) is 0 Å². The molecule has 0 saturated heterocycles. The van der Waals surface area contributed by atoms with Crippen LogP contribution in [0, 0.1) is 11.5 Å². The summed E-state index contributed by atoms with van der Waals surface area (Å²) in [7, 11) is -1.41. The summed E-state index contributed by atoms with van der Waals surface area (Å²) in [5, 5.41) is 11.0. The van der Waals surface area contributed by atoms with Crippen LogP contribution in [0.1, 0.15) is 0 Å². The molecule has 0 aromatic carbocycles. The Labute approximate surface area is 66.9 Å². The van der Waals surface area contributed by atoms with Gasteiger partial charge in [0.1, 0.15) is 0 Å². The molecule has 64 valence electrons. The molecule has 0 saturated carbocycles. The second-order valence-corrected chi connectivity index (χ2v) is 8.02. The van der Waals surface area contributed by atoms with Crippen molar-refractivity contribution in [3.63, 3.8) is 0 Å². The second-order valence-electron chi connectivity index (χ2n) is 3.17. The Morgan fingerprint density at radius 2 is 2.18 bits per heavy atom. The van der Waals surface area contributed by atoms with E-state index in [2.05, 4.69) is 29.8 Å². The van der Waals surface area contributed by atoms with Crippen LogP contribution >= 0.6 is 7.41 Å². The SMILES string of the molecule is C[PH](C)(C)NCC(=O)OC#N. The van der Waals surface area contributed by atoms with Gasteiger partial charge in [-0.1, -0.05) is 0 Å². The van der Waals surface area contributed by atoms with Crippen LogP contribution in [0.4, 0.5) is 0 Å². The van der Waals surface area contributed by atoms with Gasteiger partial charge < -0.3 is 0 Å². The molecule has 0 bridgehead atoms. The van der Waals surface area contributed by atoms with Crippen molar-refractivity contribution in [2.24, 2.45) is 0 Å². The van der Waals surface area contributed by atoms with E-state index in [0.29, 0.717) is 0 Å². The molecule has 4 nitrogen and oxygen atoms in total. The van der Waals surface area contributed by atoms with Gasteiger partial charge in [0.05, 0.1) is 0 Å². The number of esters is 1. The molecule has 0 aliphatic heterocycles. The first kappa shape index (κ1) is 10.3. The van der Waals surface area contributed by atoms with Crippen LogP contribution in [-0.4, -0.2) is 32.5 Å². The maximum absolute atomic E-state index is 10.6. The number of hydrogen-bond donors (Lipinski definition) is 1. The van der Waals surface area contributed by atoms with Gasteiger partial charge in [-0.2, -0.15) is 0 Å². The average molecular weight is 176 g/mol. The van der Waals surface area contributed by atoms with Crippen molar-refractivity contribution in [2.45, 2.75) is 0 Å². The van der Waals surface area contributed by atoms with Crippen LogP contribution in [0.2, 0.25) is 0 Å². The summed E-state index contributed by atoms with van der Waals surface area (Å²) >= 11 is 0. The van der Waals surface area contributed by atoms with Crippen LogP contribution in [0.15, 0.2) is 0 Å². The second kappa shape index (κ2) is 4.27. The Balaban J connectivity index is 3.57. The molecule has 0 heterocycles. The Bertz CT molecular complexity index is 180. The van der Waals surface area contributed by atoms with Gasteiger partial charge in [0.25, 0.3) is 0 Å². The summed E-state index contributed by atoms with van der Waals surface area (Å²) in [5.41, 5.74) is 0. The molecule has 0 aliphatic carbocycles. The molecule has 11 heavy (non-hydrogen) atoms. The predicted octanol–water partition coefficient (Wildman–Crippen LogP) is 0.155. The molecule has 0 atom stereocenters. The first-order valence-corrected chi connectivity index (χ1v) is 6.79. The average Bonchev–Trinajstić information content (AvgIpc) is 1.83. The third kappa shape index (κ3) is 7.24. The van der Waals surface area contributed by atoms with E-state index >= 15 is 0 Å². The fourth-order valence-electron chi connectivity index (χ4n) is 0.424. The zero-order chi connectivity index (χ0) is 8.91. The van der Waals surface area contributed by atoms with Crippen molar-refractivity contribution in [1.82, 2.24) is 5.09 Å². The zero-order valence-corrected chi connectivity index (χ0v) is 7.97. The molecule has 0 spiro atoms. The quantitative estimate of drug-likeness (QED) is 0.378. The number of nitriles is 1. The van der Waals surface area contributed by atoms with E-state index in [1.807, 2.05) is 0 Å². The van der Waals surface area contributed by atoms with E-state index in [1.165, 1.54) is 6.26 Å². The van der Waals surface area contributed by atoms with Gasteiger partial charge in [0.2, 0.25) is 0 Å². The third-order valence-electron chi connectivity index (χ3n) is 0.923. The Hall–Kier alpha value is -0.650. The molecule has 0 aromatic rings. The standard InChI is InChI=1S/C6H13N2O2P/c1-11(2,3)8-4-6(9)10-5-7/h8,11H,4H2,1-3H3. The maximum atomic E-state index is 10.6. The van der Waals surface area contributed by atoms with Crippen LogP contribution in [0.3, 0.4) is 0 Å². The minimum absolute atomic E-state index is 0.128. The van der Waals surface area contributed by atoms with Crippen molar-refractivity contribution in [2.75, 3.05) is 26.5 Å². The molecule has 0 aromatic heterocycles. The first-order chi connectivity index (χ1) is 4.95. The number of nitrogens with zero attached hydrogens (tertiary/aromatic N) is 1. The van der Waals surface area contributed by atoms with Crippen LogP contribution in [-0.2, 0) is 9.53 Å². The summed E-state index contributed by atoms with van der Waals surface area (Å²) in [6, 6.07) is 0. The monoisotopic (exact) mass is 176 g/mol. The van der Waals surface area contributed by atoms with Gasteiger partial charge in [-0.05, 0) is 0 Å². The number of hydrogen-bond acceptors (Lipinski definition) is 4. The normalized spacial score (nSPS) is 11.8. The fourth-order valence-corrected chi connectivity index (χ4v) is 1.10. The summed E-state index contributed by atoms with van der Waals surface area (Å²) < 4.78 is 4.06. The van der Waals surface area contributed by atoms with Crippen LogP contribution in [0.25, 0.3) is 0 Å². The number of carbonyl (C=O) groups is 1. The van der Waals surface area contributed by atoms with E-state index in [1.54, 1.807) is 0 Å². The van der Waals surface area contributed by atoms with E-state index in [9.17, 15) is 4.79 Å². The van der Waals surface area contributed by atoms with Gasteiger partial charge in [-0.3, -0.25) is 0 Å². The molecule has 0 unspecified atom stereocenters. The first-order valence-electron chi connectivity index (χ1n) is 3.29. The molecular formula is C6H13N2O2P. The number of ether oxygens (including phenoxy) is 1. The summed E-state index contributed by atoms with van der Waals surface area (Å²) in [6.45, 7) is 6.31. The van der Waals surface area contributed by atoms with E-state index in [4.69, 9.17) is 5.26 Å². The van der Waals surface area contributed by atoms with E-state index in [-0.39, 0.29) is 6.54 Å². The fraction of sp³-hybridized carbons (Fsp3) is 0.667. The summed E-state index contributed by atoms with van der Waals surface area (Å²) in [6.07, 6.45) is 1.33. The Morgan fingerprint density at radius 1 is 1.64 bits per heavy atom. The van der Waals surface area contributed by atoms with Crippen molar-refractivity contribution in [3.05, 3.63) is 0 Å². The number of nitrogens with one attached hydrogen (secondary N) is 1. The van der Waals surface area contributed by atoms with Gasteiger partial charge in [-0.25, -0.2) is 0 Å². The van der Waals surface area contributed by atoms with Crippen molar-refractivity contribution < 1.29 is 9.53 Å². The minimum atomic E-state index is -1.41. The van der Waals surface area contributed by atoms with Crippen molar-refractivity contribution in [3.8, 4) is 6.26 Å². The van der Waals surface area contributed by atoms with E-state index < -0.39 is 13.4 Å². The Kier molecular flexibility index (Phi) is 4.02. The van der Waals surface area contributed by atoms with Gasteiger partial charge in [0, 0.05) is 0 Å². The Morgan fingerprint density at radius 3 is 2.55 bits per heavy atom. The van der Waals surface area contributed by atoms with Crippen molar-refractivity contribution >= 4 is 13.4 Å². The molecule has 5 heteroatoms. The number of carbonyl (C=O) groups excluding carboxylic acids is 1. The van der Waals surface area contributed by atoms with Crippen LogP contribution in [0.5, 0.6) is 0 Å². The molecule has 0 radical (unpaired) electrons. The van der Waals surface area contributed by atoms with Gasteiger partial charge in [-0.15, -0.1) is 0 Å². The third-order valence-corrected chi connectivity index (χ3v) is 2.16. The molecule has 0 aliphatic rings. The van der Waals surface area contributed by atoms with E-state index in [0.717, 1.165) is 0 Å². The molecule has 0 fully saturated rings. The predicted molar refractivity (Wildman–Crippen MR) is 45.8 cm³/mol. The van der Waals surface area contributed by atoms with Gasteiger partial charge >= 0.3 is 66.1 Å². The van der Waals surface area contributed by atoms with Crippen molar-refractivity contribution in [1.29, 1.82) is 5.26 Å². The zero-order valence-electron chi connectivity index (χ0n) is 6.97. The topological polar surface area (TPSA) is 62.1 Å². The molecule has 0 rings (SSSR count). The molecule has 0 amide bonds. The summed E-state index contributed by atoms with van der Waals surface area (Å²) in [5.74, 6) is -0.519. The number of rotatable bonds is 3. The summed E-state index contributed by atoms with van der Waals surface area (Å²) in [4.78, 5) is 10.6. The molecule has 1 N–H and O–H groups in total. The van der Waals surface area contributed by atoms with Crippen LogP contribution < -0.4 is 5.09 Å².